The van der Waals surface area contributed by atoms with E-state index in [0.717, 1.165) is 0 Å². The quantitative estimate of drug-likeness (QED) is 0.629. The Balaban J connectivity index is 2.77. The SMILES string of the molecule is CCC(C)(NC(=O)c1cn[nH]n1)C(N)=S. The fourth-order valence-corrected chi connectivity index (χ4v) is 1.15. The molecule has 6 nitrogen and oxygen atoms in total. The Hall–Kier alpha value is -1.50. The Morgan fingerprint density at radius 3 is 2.87 bits per heavy atom. The van der Waals surface area contributed by atoms with Crippen LogP contribution in [0, 0.1) is 0 Å². The van der Waals surface area contributed by atoms with Crippen molar-refractivity contribution in [2.75, 3.05) is 0 Å². The maximum absolute atomic E-state index is 11.6. The zero-order valence-corrected chi connectivity index (χ0v) is 9.39. The van der Waals surface area contributed by atoms with Crippen molar-refractivity contribution in [2.45, 2.75) is 25.8 Å². The number of rotatable bonds is 4. The summed E-state index contributed by atoms with van der Waals surface area (Å²) in [7, 11) is 0. The number of carbonyl (C=O) groups is 1. The first-order chi connectivity index (χ1) is 6.99. The molecule has 0 aliphatic carbocycles. The predicted octanol–water partition coefficient (Wildman–Crippen LogP) is -0.0107. The van der Waals surface area contributed by atoms with Crippen LogP contribution in [0.1, 0.15) is 30.8 Å². The highest BCUT2D eigenvalue weighted by atomic mass is 32.1. The van der Waals surface area contributed by atoms with Crippen LogP contribution in [0.2, 0.25) is 0 Å². The number of nitrogens with one attached hydrogen (secondary N) is 2. The van der Waals surface area contributed by atoms with Crippen molar-refractivity contribution >= 4 is 23.1 Å². The zero-order valence-electron chi connectivity index (χ0n) is 8.57. The van der Waals surface area contributed by atoms with E-state index < -0.39 is 5.54 Å². The first-order valence-electron chi connectivity index (χ1n) is 4.48. The van der Waals surface area contributed by atoms with Crippen LogP contribution in [-0.4, -0.2) is 31.8 Å². The van der Waals surface area contributed by atoms with Crippen LogP contribution < -0.4 is 11.1 Å². The van der Waals surface area contributed by atoms with Crippen LogP contribution in [0.4, 0.5) is 0 Å². The molecule has 1 aromatic heterocycles. The molecule has 0 fully saturated rings. The number of aromatic nitrogens is 3. The lowest BCUT2D eigenvalue weighted by atomic mass is 9.99. The minimum absolute atomic E-state index is 0.214. The third-order valence-corrected chi connectivity index (χ3v) is 2.74. The second-order valence-corrected chi connectivity index (χ2v) is 3.80. The molecule has 1 unspecified atom stereocenters. The Labute approximate surface area is 92.6 Å². The van der Waals surface area contributed by atoms with Gasteiger partial charge in [0.25, 0.3) is 5.91 Å². The molecule has 1 heterocycles. The Kier molecular flexibility index (Phi) is 3.35. The largest absolute Gasteiger partial charge is 0.391 e. The molecule has 0 radical (unpaired) electrons. The molecule has 1 atom stereocenters. The number of H-pyrrole nitrogens is 1. The molecule has 1 rings (SSSR count). The number of carbonyl (C=O) groups excluding carboxylic acids is 1. The Bertz CT molecular complexity index is 363. The predicted molar refractivity (Wildman–Crippen MR) is 59.3 cm³/mol. The van der Waals surface area contributed by atoms with Gasteiger partial charge in [0.05, 0.1) is 16.7 Å². The van der Waals surface area contributed by atoms with E-state index in [0.29, 0.717) is 6.42 Å². The summed E-state index contributed by atoms with van der Waals surface area (Å²) in [5, 5.41) is 12.3. The van der Waals surface area contributed by atoms with Gasteiger partial charge in [-0.2, -0.15) is 15.4 Å². The molecule has 1 aromatic rings. The minimum atomic E-state index is -0.689. The summed E-state index contributed by atoms with van der Waals surface area (Å²) in [6.07, 6.45) is 1.96. The molecule has 1 amide bonds. The van der Waals surface area contributed by atoms with Crippen molar-refractivity contribution in [2.24, 2.45) is 5.73 Å². The summed E-state index contributed by atoms with van der Waals surface area (Å²) in [6, 6.07) is 0. The third kappa shape index (κ3) is 2.50. The monoisotopic (exact) mass is 227 g/mol. The second-order valence-electron chi connectivity index (χ2n) is 3.36. The average Bonchev–Trinajstić information content (AvgIpc) is 2.70. The Morgan fingerprint density at radius 1 is 1.80 bits per heavy atom. The smallest absolute Gasteiger partial charge is 0.274 e. The molecule has 0 spiro atoms. The summed E-state index contributed by atoms with van der Waals surface area (Å²) < 4.78 is 0. The number of thiocarbonyl (C=S) groups is 1. The van der Waals surface area contributed by atoms with Crippen molar-refractivity contribution in [3.05, 3.63) is 11.9 Å². The molecular weight excluding hydrogens is 214 g/mol. The molecule has 82 valence electrons. The standard InChI is InChI=1S/C8H13N5OS/c1-3-8(2,7(9)15)11-6(14)5-4-10-13-12-5/h4H,3H2,1-2H3,(H2,9,15)(H,11,14)(H,10,12,13). The number of nitrogens with two attached hydrogens (primary N) is 1. The highest BCUT2D eigenvalue weighted by molar-refractivity contribution is 7.80. The maximum atomic E-state index is 11.6. The van der Waals surface area contributed by atoms with E-state index in [-0.39, 0.29) is 16.6 Å². The van der Waals surface area contributed by atoms with Gasteiger partial charge < -0.3 is 11.1 Å². The molecule has 0 saturated carbocycles. The minimum Gasteiger partial charge on any atom is -0.391 e. The topological polar surface area (TPSA) is 96.7 Å². The van der Waals surface area contributed by atoms with Gasteiger partial charge in [-0.05, 0) is 13.3 Å². The van der Waals surface area contributed by atoms with Crippen LogP contribution >= 0.6 is 12.2 Å². The van der Waals surface area contributed by atoms with E-state index in [4.69, 9.17) is 18.0 Å². The first kappa shape index (κ1) is 11.6. The van der Waals surface area contributed by atoms with Crippen LogP contribution in [0.25, 0.3) is 0 Å². The summed E-state index contributed by atoms with van der Waals surface area (Å²) in [6.45, 7) is 3.66. The molecule has 4 N–H and O–H groups in total. The van der Waals surface area contributed by atoms with Crippen molar-refractivity contribution in [3.63, 3.8) is 0 Å². The van der Waals surface area contributed by atoms with Crippen molar-refractivity contribution in [3.8, 4) is 0 Å². The first-order valence-corrected chi connectivity index (χ1v) is 4.88. The van der Waals surface area contributed by atoms with Crippen molar-refractivity contribution in [1.82, 2.24) is 20.7 Å². The molecule has 0 saturated heterocycles. The number of aromatic amines is 1. The lowest BCUT2D eigenvalue weighted by molar-refractivity contribution is 0.0921. The average molecular weight is 227 g/mol. The van der Waals surface area contributed by atoms with Crippen molar-refractivity contribution < 1.29 is 4.79 Å². The number of amides is 1. The fraction of sp³-hybridized carbons (Fsp3) is 0.500. The molecule has 7 heteroatoms. The van der Waals surface area contributed by atoms with Crippen LogP contribution in [0.3, 0.4) is 0 Å². The summed E-state index contributed by atoms with van der Waals surface area (Å²) in [4.78, 5) is 11.9. The zero-order chi connectivity index (χ0) is 11.5. The van der Waals surface area contributed by atoms with E-state index in [1.807, 2.05) is 6.92 Å². The van der Waals surface area contributed by atoms with E-state index in [1.165, 1.54) is 6.20 Å². The van der Waals surface area contributed by atoms with E-state index in [9.17, 15) is 4.79 Å². The normalized spacial score (nSPS) is 14.3. The Morgan fingerprint density at radius 2 is 2.47 bits per heavy atom. The van der Waals surface area contributed by atoms with Gasteiger partial charge in [-0.25, -0.2) is 0 Å². The van der Waals surface area contributed by atoms with E-state index in [1.54, 1.807) is 6.92 Å². The van der Waals surface area contributed by atoms with Gasteiger partial charge in [-0.1, -0.05) is 19.1 Å². The van der Waals surface area contributed by atoms with E-state index in [2.05, 4.69) is 20.7 Å². The van der Waals surface area contributed by atoms with E-state index >= 15 is 0 Å². The van der Waals surface area contributed by atoms with Gasteiger partial charge in [0.15, 0.2) is 5.69 Å². The molecular formula is C8H13N5OS. The molecule has 0 aliphatic rings. The number of hydrogen-bond donors (Lipinski definition) is 3. The van der Waals surface area contributed by atoms with Crippen LogP contribution in [0.15, 0.2) is 6.20 Å². The summed E-state index contributed by atoms with van der Waals surface area (Å²) >= 11 is 4.90. The van der Waals surface area contributed by atoms with Crippen molar-refractivity contribution in [1.29, 1.82) is 0 Å². The van der Waals surface area contributed by atoms with Gasteiger partial charge >= 0.3 is 0 Å². The van der Waals surface area contributed by atoms with Crippen LogP contribution in [0.5, 0.6) is 0 Å². The maximum Gasteiger partial charge on any atom is 0.274 e. The fourth-order valence-electron chi connectivity index (χ4n) is 0.950. The van der Waals surface area contributed by atoms with Gasteiger partial charge in [-0.15, -0.1) is 0 Å². The number of nitrogens with zero attached hydrogens (tertiary/aromatic N) is 2. The summed E-state index contributed by atoms with van der Waals surface area (Å²) in [5.41, 5.74) is 5.08. The lowest BCUT2D eigenvalue weighted by Gasteiger charge is -2.27. The molecule has 0 bridgehead atoms. The van der Waals surface area contributed by atoms with Crippen LogP contribution in [-0.2, 0) is 0 Å². The summed E-state index contributed by atoms with van der Waals surface area (Å²) in [5.74, 6) is -0.346. The van der Waals surface area contributed by atoms with Gasteiger partial charge in [0.1, 0.15) is 0 Å². The second kappa shape index (κ2) is 4.35. The molecule has 15 heavy (non-hydrogen) atoms. The number of hydrogen-bond acceptors (Lipinski definition) is 4. The molecule has 0 aromatic carbocycles. The van der Waals surface area contributed by atoms with Gasteiger partial charge in [0, 0.05) is 0 Å². The third-order valence-electron chi connectivity index (χ3n) is 2.29. The molecule has 0 aliphatic heterocycles. The van der Waals surface area contributed by atoms with Gasteiger partial charge in [0.2, 0.25) is 0 Å². The lowest BCUT2D eigenvalue weighted by Crippen LogP contribution is -2.54. The highest BCUT2D eigenvalue weighted by Crippen LogP contribution is 2.10. The highest BCUT2D eigenvalue weighted by Gasteiger charge is 2.28. The van der Waals surface area contributed by atoms with Gasteiger partial charge in [-0.3, -0.25) is 4.79 Å².